The van der Waals surface area contributed by atoms with Crippen LogP contribution in [0.1, 0.15) is 15.9 Å². The summed E-state index contributed by atoms with van der Waals surface area (Å²) in [6.07, 6.45) is -2.61. The Kier molecular flexibility index (Phi) is 5.78. The van der Waals surface area contributed by atoms with E-state index in [9.17, 15) is 18.0 Å². The molecule has 1 saturated heterocycles. The van der Waals surface area contributed by atoms with Crippen molar-refractivity contribution in [3.8, 4) is 0 Å². The minimum absolute atomic E-state index is 0.395. The predicted octanol–water partition coefficient (Wildman–Crippen LogP) is 4.24. The van der Waals surface area contributed by atoms with Crippen LogP contribution in [0.5, 0.6) is 0 Å². The van der Waals surface area contributed by atoms with Crippen molar-refractivity contribution >= 4 is 22.5 Å². The highest BCUT2D eigenvalue weighted by atomic mass is 19.4. The maximum Gasteiger partial charge on any atom is 0.417 e. The number of alkyl halides is 3. The highest BCUT2D eigenvalue weighted by Crippen LogP contribution is 2.32. The zero-order valence-corrected chi connectivity index (χ0v) is 16.3. The molecule has 0 saturated carbocycles. The molecule has 0 unspecified atom stereocenters. The third-order valence-corrected chi connectivity index (χ3v) is 5.27. The van der Waals surface area contributed by atoms with E-state index in [1.807, 2.05) is 18.3 Å². The van der Waals surface area contributed by atoms with E-state index >= 15 is 0 Å². The molecule has 1 fully saturated rings. The first-order valence-electron chi connectivity index (χ1n) is 9.78. The van der Waals surface area contributed by atoms with Crippen LogP contribution in [0.3, 0.4) is 0 Å². The van der Waals surface area contributed by atoms with Gasteiger partial charge < -0.3 is 14.6 Å². The van der Waals surface area contributed by atoms with Gasteiger partial charge in [-0.3, -0.25) is 9.69 Å². The van der Waals surface area contributed by atoms with Crippen LogP contribution in [-0.2, 0) is 17.5 Å². The van der Waals surface area contributed by atoms with Crippen molar-refractivity contribution in [2.75, 3.05) is 38.2 Å². The lowest BCUT2D eigenvalue weighted by atomic mass is 10.1. The molecule has 2 aromatic carbocycles. The first kappa shape index (κ1) is 20.4. The lowest BCUT2D eigenvalue weighted by Gasteiger charge is -2.26. The number of hydrogen-bond donors (Lipinski definition) is 1. The monoisotopic (exact) mass is 417 g/mol. The zero-order valence-electron chi connectivity index (χ0n) is 16.3. The Morgan fingerprint density at radius 2 is 1.80 bits per heavy atom. The van der Waals surface area contributed by atoms with Crippen molar-refractivity contribution in [3.05, 3.63) is 65.9 Å². The van der Waals surface area contributed by atoms with Crippen molar-refractivity contribution in [2.24, 2.45) is 0 Å². The summed E-state index contributed by atoms with van der Waals surface area (Å²) < 4.78 is 47.0. The average Bonchev–Trinajstić information content (AvgIpc) is 3.14. The van der Waals surface area contributed by atoms with E-state index in [2.05, 4.69) is 14.8 Å². The van der Waals surface area contributed by atoms with Gasteiger partial charge in [-0.25, -0.2) is 0 Å². The highest BCUT2D eigenvalue weighted by Gasteiger charge is 2.34. The maximum absolute atomic E-state index is 13.2. The molecule has 158 valence electrons. The third kappa shape index (κ3) is 4.49. The lowest BCUT2D eigenvalue weighted by molar-refractivity contribution is -0.137. The number of fused-ring (bicyclic) bond motifs is 1. The largest absolute Gasteiger partial charge is 0.417 e. The number of carbonyl (C=O) groups is 1. The second-order valence-corrected chi connectivity index (χ2v) is 7.23. The molecule has 1 aromatic heterocycles. The Morgan fingerprint density at radius 3 is 2.57 bits per heavy atom. The molecule has 0 radical (unpaired) electrons. The Labute approximate surface area is 172 Å². The molecule has 1 aliphatic rings. The summed E-state index contributed by atoms with van der Waals surface area (Å²) in [6.45, 7) is 5.11. The van der Waals surface area contributed by atoms with Crippen LogP contribution in [0.4, 0.5) is 18.9 Å². The number of aromatic nitrogens is 1. The SMILES string of the molecule is O=C(Nc1ccc2c(ccn2CCN2CCOCC2)c1)c1ccccc1C(F)(F)F. The molecule has 8 heteroatoms. The Bertz CT molecular complexity index is 1040. The fourth-order valence-corrected chi connectivity index (χ4v) is 3.67. The molecule has 5 nitrogen and oxygen atoms in total. The quantitative estimate of drug-likeness (QED) is 0.675. The van der Waals surface area contributed by atoms with Gasteiger partial charge in [-0.15, -0.1) is 0 Å². The van der Waals surface area contributed by atoms with Gasteiger partial charge in [-0.05, 0) is 36.4 Å². The summed E-state index contributed by atoms with van der Waals surface area (Å²) >= 11 is 0. The number of rotatable bonds is 5. The number of nitrogens with one attached hydrogen (secondary N) is 1. The number of anilines is 1. The van der Waals surface area contributed by atoms with Crippen molar-refractivity contribution in [1.82, 2.24) is 9.47 Å². The molecule has 1 amide bonds. The molecular formula is C22H22F3N3O2. The molecule has 30 heavy (non-hydrogen) atoms. The molecule has 0 atom stereocenters. The summed E-state index contributed by atoms with van der Waals surface area (Å²) in [5.41, 5.74) is 0.123. The van der Waals surface area contributed by atoms with Crippen molar-refractivity contribution in [2.45, 2.75) is 12.7 Å². The maximum atomic E-state index is 13.2. The average molecular weight is 417 g/mol. The first-order valence-corrected chi connectivity index (χ1v) is 9.78. The van der Waals surface area contributed by atoms with Crippen LogP contribution in [0.15, 0.2) is 54.7 Å². The molecule has 0 bridgehead atoms. The summed E-state index contributed by atoms with van der Waals surface area (Å²) in [5, 5.41) is 3.50. The van der Waals surface area contributed by atoms with E-state index in [4.69, 9.17) is 4.74 Å². The van der Waals surface area contributed by atoms with Gasteiger partial charge in [-0.1, -0.05) is 12.1 Å². The number of nitrogens with zero attached hydrogens (tertiary/aromatic N) is 2. The van der Waals surface area contributed by atoms with Crippen LogP contribution in [0.2, 0.25) is 0 Å². The Morgan fingerprint density at radius 1 is 1.03 bits per heavy atom. The first-order chi connectivity index (χ1) is 14.4. The van der Waals surface area contributed by atoms with Gasteiger partial charge in [0.25, 0.3) is 5.91 Å². The summed E-state index contributed by atoms with van der Waals surface area (Å²) in [4.78, 5) is 14.8. The molecule has 4 rings (SSSR count). The van der Waals surface area contributed by atoms with Crippen molar-refractivity contribution in [1.29, 1.82) is 0 Å². The molecule has 2 heterocycles. The normalized spacial score (nSPS) is 15.4. The smallest absolute Gasteiger partial charge is 0.379 e. The van der Waals surface area contributed by atoms with Gasteiger partial charge in [0.05, 0.1) is 24.3 Å². The minimum Gasteiger partial charge on any atom is -0.379 e. The molecular weight excluding hydrogens is 395 g/mol. The van der Waals surface area contributed by atoms with E-state index in [0.717, 1.165) is 56.4 Å². The molecule has 0 aliphatic carbocycles. The number of halogens is 3. The number of carbonyl (C=O) groups excluding carboxylic acids is 1. The predicted molar refractivity (Wildman–Crippen MR) is 109 cm³/mol. The lowest BCUT2D eigenvalue weighted by Crippen LogP contribution is -2.38. The minimum atomic E-state index is -4.59. The van der Waals surface area contributed by atoms with Crippen LogP contribution < -0.4 is 5.32 Å². The molecule has 3 aromatic rings. The second kappa shape index (κ2) is 8.49. The van der Waals surface area contributed by atoms with E-state index in [0.29, 0.717) is 5.69 Å². The highest BCUT2D eigenvalue weighted by molar-refractivity contribution is 6.06. The van der Waals surface area contributed by atoms with Gasteiger partial charge in [-0.2, -0.15) is 13.2 Å². The van der Waals surface area contributed by atoms with Gasteiger partial charge in [0, 0.05) is 49.0 Å². The topological polar surface area (TPSA) is 46.5 Å². The van der Waals surface area contributed by atoms with Gasteiger partial charge in [0.1, 0.15) is 0 Å². The Hall–Kier alpha value is -2.84. The summed E-state index contributed by atoms with van der Waals surface area (Å²) in [6, 6.07) is 12.1. The van der Waals surface area contributed by atoms with E-state index in [1.54, 1.807) is 12.1 Å². The molecule has 1 aliphatic heterocycles. The summed E-state index contributed by atoms with van der Waals surface area (Å²) in [7, 11) is 0. The van der Waals surface area contributed by atoms with Crippen LogP contribution in [0, 0.1) is 0 Å². The number of benzene rings is 2. The Balaban J connectivity index is 1.48. The number of amides is 1. The van der Waals surface area contributed by atoms with Crippen LogP contribution in [-0.4, -0.2) is 48.2 Å². The zero-order chi connectivity index (χ0) is 21.1. The standard InChI is InChI=1S/C22H22F3N3O2/c23-22(24,25)19-4-2-1-3-18(19)21(29)26-17-5-6-20-16(15-17)7-8-28(20)10-9-27-11-13-30-14-12-27/h1-8,15H,9-14H2,(H,26,29). The third-order valence-electron chi connectivity index (χ3n) is 5.27. The van der Waals surface area contributed by atoms with Crippen molar-refractivity contribution < 1.29 is 22.7 Å². The van der Waals surface area contributed by atoms with Crippen LogP contribution >= 0.6 is 0 Å². The van der Waals surface area contributed by atoms with E-state index in [-0.39, 0.29) is 0 Å². The van der Waals surface area contributed by atoms with Gasteiger partial charge in [0.2, 0.25) is 0 Å². The second-order valence-electron chi connectivity index (χ2n) is 7.23. The number of morpholine rings is 1. The molecule has 1 N–H and O–H groups in total. The van der Waals surface area contributed by atoms with Crippen LogP contribution in [0.25, 0.3) is 10.9 Å². The van der Waals surface area contributed by atoms with E-state index < -0.39 is 23.2 Å². The summed E-state index contributed by atoms with van der Waals surface area (Å²) in [5.74, 6) is -0.783. The van der Waals surface area contributed by atoms with Gasteiger partial charge >= 0.3 is 6.18 Å². The van der Waals surface area contributed by atoms with Crippen molar-refractivity contribution in [3.63, 3.8) is 0 Å². The fourth-order valence-electron chi connectivity index (χ4n) is 3.67. The van der Waals surface area contributed by atoms with E-state index in [1.165, 1.54) is 18.2 Å². The van der Waals surface area contributed by atoms with Gasteiger partial charge in [0.15, 0.2) is 0 Å². The fraction of sp³-hybridized carbons (Fsp3) is 0.318. The number of hydrogen-bond acceptors (Lipinski definition) is 3. The number of ether oxygens (including phenoxy) is 1. The molecule has 0 spiro atoms.